The predicted molar refractivity (Wildman–Crippen MR) is 30.2 cm³/mol. The maximum Gasteiger partial charge on any atom is 0.103 e. The van der Waals surface area contributed by atoms with E-state index in [1.54, 1.807) is 0 Å². The van der Waals surface area contributed by atoms with E-state index >= 15 is 0 Å². The Morgan fingerprint density at radius 3 is 2.33 bits per heavy atom. The van der Waals surface area contributed by atoms with Crippen molar-refractivity contribution in [1.82, 2.24) is 0 Å². The molecule has 1 heteroatoms. The molecule has 0 atom stereocenters. The standard InChI is InChI=1S/C5H8Si/c1-3-5(2)4-6/h3H2,1-2H3. The van der Waals surface area contributed by atoms with Gasteiger partial charge in [0.2, 0.25) is 0 Å². The topological polar surface area (TPSA) is 0 Å². The molecule has 0 nitrogen and oxygen atoms in total. The molecule has 0 aromatic heterocycles. The van der Waals surface area contributed by atoms with Crippen LogP contribution in [0, 0.1) is 0 Å². The molecule has 0 rings (SSSR count). The molecule has 0 saturated heterocycles. The van der Waals surface area contributed by atoms with Crippen molar-refractivity contribution in [3.05, 3.63) is 5.57 Å². The molecule has 6 heavy (non-hydrogen) atoms. The summed E-state index contributed by atoms with van der Waals surface area (Å²) in [6, 6.07) is 0. The van der Waals surface area contributed by atoms with E-state index in [-0.39, 0.29) is 0 Å². The van der Waals surface area contributed by atoms with Gasteiger partial charge in [-0.2, -0.15) is 5.33 Å². The lowest BCUT2D eigenvalue weighted by atomic mass is 10.3. The van der Waals surface area contributed by atoms with Crippen molar-refractivity contribution in [2.45, 2.75) is 20.3 Å². The summed E-state index contributed by atoms with van der Waals surface area (Å²) in [5.74, 6) is 0. The van der Waals surface area contributed by atoms with E-state index in [4.69, 9.17) is 0 Å². The zero-order valence-corrected chi connectivity index (χ0v) is 5.21. The first-order chi connectivity index (χ1) is 2.81. The Morgan fingerprint density at radius 1 is 1.83 bits per heavy atom. The van der Waals surface area contributed by atoms with Crippen LogP contribution in [-0.2, 0) is 0 Å². The van der Waals surface area contributed by atoms with Crippen molar-refractivity contribution in [1.29, 1.82) is 0 Å². The lowest BCUT2D eigenvalue weighted by molar-refractivity contribution is 1.13. The van der Waals surface area contributed by atoms with Gasteiger partial charge in [-0.25, -0.2) is 0 Å². The minimum atomic E-state index is 1.09. The zero-order chi connectivity index (χ0) is 4.99. The summed E-state index contributed by atoms with van der Waals surface area (Å²) < 4.78 is 0. The summed E-state index contributed by atoms with van der Waals surface area (Å²) in [7, 11) is 3.13. The van der Waals surface area contributed by atoms with E-state index in [1.807, 2.05) is 6.92 Å². The van der Waals surface area contributed by atoms with Gasteiger partial charge in [-0.3, -0.25) is 0 Å². The summed E-state index contributed by atoms with van der Waals surface area (Å²) in [4.78, 5) is 0. The van der Waals surface area contributed by atoms with Gasteiger partial charge in [-0.05, 0) is 18.9 Å². The molecule has 0 amide bonds. The van der Waals surface area contributed by atoms with Crippen molar-refractivity contribution < 1.29 is 0 Å². The van der Waals surface area contributed by atoms with Gasteiger partial charge in [-0.1, -0.05) is 6.92 Å². The van der Waals surface area contributed by atoms with Gasteiger partial charge in [0.1, 0.15) is 9.85 Å². The second-order valence-corrected chi connectivity index (χ2v) is 1.51. The van der Waals surface area contributed by atoms with Gasteiger partial charge in [0.25, 0.3) is 0 Å². The van der Waals surface area contributed by atoms with Gasteiger partial charge in [-0.15, -0.1) is 0 Å². The summed E-state index contributed by atoms with van der Waals surface area (Å²) >= 11 is 0. The molecular weight excluding hydrogens is 88.1 g/mol. The van der Waals surface area contributed by atoms with E-state index in [1.165, 1.54) is 5.57 Å². The Kier molecular flexibility index (Phi) is 3.00. The Morgan fingerprint density at radius 2 is 2.33 bits per heavy atom. The maximum absolute atomic E-state index is 3.13. The second kappa shape index (κ2) is 3.07. The summed E-state index contributed by atoms with van der Waals surface area (Å²) in [6.45, 7) is 4.13. The molecule has 32 valence electrons. The SMILES string of the molecule is CCC(C)=C=[Si]. The highest BCUT2D eigenvalue weighted by molar-refractivity contribution is 6.25. The van der Waals surface area contributed by atoms with Crippen LogP contribution in [0.1, 0.15) is 20.3 Å². The van der Waals surface area contributed by atoms with E-state index in [0.717, 1.165) is 6.42 Å². The molecule has 0 saturated carbocycles. The molecule has 0 aromatic carbocycles. The van der Waals surface area contributed by atoms with Crippen molar-refractivity contribution in [2.24, 2.45) is 0 Å². The van der Waals surface area contributed by atoms with Crippen molar-refractivity contribution in [3.63, 3.8) is 0 Å². The first-order valence-corrected chi connectivity index (χ1v) is 2.56. The first-order valence-electron chi connectivity index (χ1n) is 2.06. The van der Waals surface area contributed by atoms with Gasteiger partial charge < -0.3 is 0 Å². The second-order valence-electron chi connectivity index (χ2n) is 1.26. The van der Waals surface area contributed by atoms with Gasteiger partial charge in [0.15, 0.2) is 0 Å². The molecular formula is C5H8Si. The fourth-order valence-corrected chi connectivity index (χ4v) is 0.265. The highest BCUT2D eigenvalue weighted by Gasteiger charge is 1.71. The van der Waals surface area contributed by atoms with Crippen molar-refractivity contribution >= 4 is 15.2 Å². The Balaban J connectivity index is 3.52. The van der Waals surface area contributed by atoms with Crippen LogP contribution < -0.4 is 0 Å². The average Bonchev–Trinajstić information content (AvgIpc) is 1.65. The molecule has 0 aliphatic heterocycles. The molecule has 0 heterocycles. The third-order valence-electron chi connectivity index (χ3n) is 0.744. The molecule has 0 aliphatic rings. The molecule has 2 radical (unpaired) electrons. The van der Waals surface area contributed by atoms with Crippen LogP contribution >= 0.6 is 0 Å². The van der Waals surface area contributed by atoms with Crippen LogP contribution in [0.4, 0.5) is 0 Å². The van der Waals surface area contributed by atoms with E-state index < -0.39 is 0 Å². The Bertz CT molecular complexity index is 77.9. The minimum absolute atomic E-state index is 1.09. The molecule has 0 N–H and O–H groups in total. The summed E-state index contributed by atoms with van der Waals surface area (Å²) in [5.41, 5.74) is 1.26. The molecule has 0 spiro atoms. The van der Waals surface area contributed by atoms with Gasteiger partial charge in [0.05, 0.1) is 0 Å². The van der Waals surface area contributed by atoms with Crippen molar-refractivity contribution in [3.8, 4) is 0 Å². The maximum atomic E-state index is 3.13. The van der Waals surface area contributed by atoms with Crippen LogP contribution in [0.25, 0.3) is 0 Å². The highest BCUT2D eigenvalue weighted by Crippen LogP contribution is 1.87. The zero-order valence-electron chi connectivity index (χ0n) is 4.21. The molecule has 0 unspecified atom stereocenters. The van der Waals surface area contributed by atoms with Crippen LogP contribution in [0.15, 0.2) is 5.57 Å². The largest absolute Gasteiger partial charge is 0.156 e. The number of hydrogen-bond acceptors (Lipinski definition) is 0. The first kappa shape index (κ1) is 5.87. The monoisotopic (exact) mass is 96.0 g/mol. The number of hydrogen-bond donors (Lipinski definition) is 0. The molecule has 0 aromatic rings. The lowest BCUT2D eigenvalue weighted by Gasteiger charge is -1.80. The van der Waals surface area contributed by atoms with Crippen LogP contribution in [-0.4, -0.2) is 15.2 Å². The number of allylic oxidation sites excluding steroid dienone is 1. The molecule has 0 fully saturated rings. The minimum Gasteiger partial charge on any atom is -0.156 e. The third kappa shape index (κ3) is 2.13. The van der Waals surface area contributed by atoms with E-state index in [2.05, 4.69) is 22.1 Å². The fraction of sp³-hybridized carbons (Fsp3) is 0.600. The van der Waals surface area contributed by atoms with Crippen molar-refractivity contribution in [2.75, 3.05) is 0 Å². The van der Waals surface area contributed by atoms with Crippen LogP contribution in [0.2, 0.25) is 0 Å². The van der Waals surface area contributed by atoms with E-state index in [9.17, 15) is 0 Å². The third-order valence-corrected chi connectivity index (χ3v) is 1.17. The molecule has 0 bridgehead atoms. The predicted octanol–water partition coefficient (Wildman–Crippen LogP) is 0.912. The summed E-state index contributed by atoms with van der Waals surface area (Å²) in [6.07, 6.45) is 1.09. The van der Waals surface area contributed by atoms with Crippen LogP contribution in [0.3, 0.4) is 0 Å². The van der Waals surface area contributed by atoms with E-state index in [0.29, 0.717) is 0 Å². The Labute approximate surface area is 41.9 Å². The Hall–Kier alpha value is -0.133. The summed E-state index contributed by atoms with van der Waals surface area (Å²) in [5, 5.41) is 2.84. The fourth-order valence-electron chi connectivity index (χ4n) is 0.0884. The lowest BCUT2D eigenvalue weighted by Crippen LogP contribution is -1.67. The highest BCUT2D eigenvalue weighted by atomic mass is 28.1. The molecule has 0 aliphatic carbocycles. The normalized spacial score (nSPS) is 7.00. The average molecular weight is 96.2 g/mol. The smallest absolute Gasteiger partial charge is 0.103 e. The number of rotatable bonds is 1. The quantitative estimate of drug-likeness (QED) is 0.426. The van der Waals surface area contributed by atoms with Gasteiger partial charge in [0, 0.05) is 0 Å². The van der Waals surface area contributed by atoms with Gasteiger partial charge >= 0.3 is 0 Å². The van der Waals surface area contributed by atoms with Crippen LogP contribution in [0.5, 0.6) is 0 Å².